The van der Waals surface area contributed by atoms with Gasteiger partial charge < -0.3 is 19.9 Å². The van der Waals surface area contributed by atoms with Crippen LogP contribution in [0.4, 0.5) is 0 Å². The van der Waals surface area contributed by atoms with Gasteiger partial charge >= 0.3 is 0 Å². The van der Waals surface area contributed by atoms with Crippen molar-refractivity contribution in [2.45, 2.75) is 38.8 Å². The fourth-order valence-electron chi connectivity index (χ4n) is 4.71. The number of aromatic nitrogens is 2. The topological polar surface area (TPSA) is 70.2 Å². The summed E-state index contributed by atoms with van der Waals surface area (Å²) >= 11 is 0. The van der Waals surface area contributed by atoms with Crippen LogP contribution in [0.5, 0.6) is 0 Å². The van der Waals surface area contributed by atoms with Crippen molar-refractivity contribution < 1.29 is 9.53 Å². The molecule has 1 amide bonds. The third kappa shape index (κ3) is 3.40. The molecule has 6 nitrogen and oxygen atoms in total. The molecule has 0 aliphatic carbocycles. The Kier molecular flexibility index (Phi) is 5.05. The molecule has 1 fully saturated rings. The van der Waals surface area contributed by atoms with E-state index in [9.17, 15) is 4.79 Å². The molecule has 0 radical (unpaired) electrons. The molecule has 1 aromatic carbocycles. The van der Waals surface area contributed by atoms with Crippen molar-refractivity contribution in [3.63, 3.8) is 0 Å². The van der Waals surface area contributed by atoms with Crippen LogP contribution in [0.25, 0.3) is 22.2 Å². The number of rotatable bonds is 4. The molecule has 156 valence electrons. The van der Waals surface area contributed by atoms with E-state index in [0.29, 0.717) is 19.1 Å². The lowest BCUT2D eigenvalue weighted by molar-refractivity contribution is -0.118. The summed E-state index contributed by atoms with van der Waals surface area (Å²) in [6.07, 6.45) is 5.86. The molecule has 30 heavy (non-hydrogen) atoms. The van der Waals surface area contributed by atoms with Gasteiger partial charge in [0.2, 0.25) is 6.41 Å². The van der Waals surface area contributed by atoms with Crippen molar-refractivity contribution in [3.8, 4) is 11.1 Å². The minimum absolute atomic E-state index is 0.147. The number of pyridine rings is 1. The summed E-state index contributed by atoms with van der Waals surface area (Å²) < 4.78 is 5.75. The normalized spacial score (nSPS) is 19.3. The second kappa shape index (κ2) is 7.85. The lowest BCUT2D eigenvalue weighted by Gasteiger charge is -2.32. The van der Waals surface area contributed by atoms with Crippen molar-refractivity contribution in [2.24, 2.45) is 0 Å². The summed E-state index contributed by atoms with van der Waals surface area (Å²) in [6, 6.07) is 6.96. The Labute approximate surface area is 176 Å². The molecule has 1 atom stereocenters. The molecule has 5 rings (SSSR count). The van der Waals surface area contributed by atoms with E-state index in [2.05, 4.69) is 53.5 Å². The quantitative estimate of drug-likeness (QED) is 0.653. The molecule has 0 saturated carbocycles. The molecule has 3 aromatic rings. The number of hydrogen-bond donors (Lipinski definition) is 2. The SMILES string of the molecule is CC(C)c1c[nH]c2ncc(-c3cc4c(c(C5COCCN5)c3)CN(C=O)CC4)cc12. The third-order valence-corrected chi connectivity index (χ3v) is 6.37. The van der Waals surface area contributed by atoms with Gasteiger partial charge in [-0.25, -0.2) is 4.98 Å². The summed E-state index contributed by atoms with van der Waals surface area (Å²) in [5.74, 6) is 0.438. The maximum atomic E-state index is 11.4. The Bertz CT molecular complexity index is 1080. The van der Waals surface area contributed by atoms with E-state index in [1.54, 1.807) is 0 Å². The second-order valence-electron chi connectivity index (χ2n) is 8.63. The van der Waals surface area contributed by atoms with Gasteiger partial charge in [0.1, 0.15) is 5.65 Å². The number of H-pyrrole nitrogens is 1. The Balaban J connectivity index is 1.63. The Hall–Kier alpha value is -2.70. The average molecular weight is 405 g/mol. The largest absolute Gasteiger partial charge is 0.378 e. The molecule has 2 aromatic heterocycles. The van der Waals surface area contributed by atoms with Crippen LogP contribution >= 0.6 is 0 Å². The minimum atomic E-state index is 0.147. The van der Waals surface area contributed by atoms with Gasteiger partial charge in [-0.2, -0.15) is 0 Å². The highest BCUT2D eigenvalue weighted by Gasteiger charge is 2.25. The number of nitrogens with zero attached hydrogens (tertiary/aromatic N) is 2. The van der Waals surface area contributed by atoms with E-state index in [1.165, 1.54) is 33.2 Å². The van der Waals surface area contributed by atoms with Gasteiger partial charge in [0.05, 0.1) is 19.3 Å². The number of amides is 1. The zero-order valence-corrected chi connectivity index (χ0v) is 17.6. The van der Waals surface area contributed by atoms with E-state index in [1.807, 2.05) is 11.1 Å². The Morgan fingerprint density at radius 3 is 2.93 bits per heavy atom. The van der Waals surface area contributed by atoms with Gasteiger partial charge in [-0.15, -0.1) is 0 Å². The minimum Gasteiger partial charge on any atom is -0.378 e. The van der Waals surface area contributed by atoms with Crippen LogP contribution in [0, 0.1) is 0 Å². The number of fused-ring (bicyclic) bond motifs is 2. The van der Waals surface area contributed by atoms with Crippen molar-refractivity contribution in [2.75, 3.05) is 26.3 Å². The Morgan fingerprint density at radius 1 is 1.27 bits per heavy atom. The first-order valence-corrected chi connectivity index (χ1v) is 10.8. The summed E-state index contributed by atoms with van der Waals surface area (Å²) in [4.78, 5) is 21.3. The number of carbonyl (C=O) groups excluding carboxylic acids is 1. The maximum Gasteiger partial charge on any atom is 0.210 e. The van der Waals surface area contributed by atoms with Crippen molar-refractivity contribution >= 4 is 17.4 Å². The van der Waals surface area contributed by atoms with Crippen LogP contribution in [-0.4, -0.2) is 47.6 Å². The van der Waals surface area contributed by atoms with E-state index in [-0.39, 0.29) is 6.04 Å². The van der Waals surface area contributed by atoms with Gasteiger partial charge in [-0.1, -0.05) is 19.9 Å². The third-order valence-electron chi connectivity index (χ3n) is 6.37. The fourth-order valence-corrected chi connectivity index (χ4v) is 4.71. The number of hydrogen-bond acceptors (Lipinski definition) is 4. The number of morpholine rings is 1. The smallest absolute Gasteiger partial charge is 0.210 e. The van der Waals surface area contributed by atoms with E-state index in [0.717, 1.165) is 43.7 Å². The van der Waals surface area contributed by atoms with Crippen molar-refractivity contribution in [1.29, 1.82) is 0 Å². The van der Waals surface area contributed by atoms with Gasteiger partial charge in [0, 0.05) is 43.0 Å². The molecule has 1 saturated heterocycles. The number of aromatic amines is 1. The molecular weight excluding hydrogens is 376 g/mol. The van der Waals surface area contributed by atoms with Gasteiger partial charge in [-0.05, 0) is 52.3 Å². The average Bonchev–Trinajstić information content (AvgIpc) is 3.22. The number of ether oxygens (including phenoxy) is 1. The number of carbonyl (C=O) groups is 1. The summed E-state index contributed by atoms with van der Waals surface area (Å²) in [5.41, 5.74) is 8.37. The predicted octanol–water partition coefficient (Wildman–Crippen LogP) is 3.53. The number of nitrogens with one attached hydrogen (secondary N) is 2. The molecule has 1 unspecified atom stereocenters. The van der Waals surface area contributed by atoms with E-state index < -0.39 is 0 Å². The fraction of sp³-hybridized carbons (Fsp3) is 0.417. The first kappa shape index (κ1) is 19.3. The van der Waals surface area contributed by atoms with Crippen LogP contribution in [0.2, 0.25) is 0 Å². The summed E-state index contributed by atoms with van der Waals surface area (Å²) in [7, 11) is 0. The first-order chi connectivity index (χ1) is 14.6. The zero-order chi connectivity index (χ0) is 20.7. The summed E-state index contributed by atoms with van der Waals surface area (Å²) in [5, 5.41) is 4.78. The molecule has 0 bridgehead atoms. The molecular formula is C24H28N4O2. The predicted molar refractivity (Wildman–Crippen MR) is 117 cm³/mol. The standard InChI is InChI=1S/C24H28N4O2/c1-15(2)21-11-27-24-20(21)9-18(10-26-24)17-7-16-3-5-28(14-29)12-22(16)19(8-17)23-13-30-6-4-25-23/h7-11,14-15,23,25H,3-6,12-13H2,1-2H3,(H,26,27). The van der Waals surface area contributed by atoms with Crippen LogP contribution in [-0.2, 0) is 22.5 Å². The van der Waals surface area contributed by atoms with Gasteiger partial charge in [0.15, 0.2) is 0 Å². The van der Waals surface area contributed by atoms with Crippen molar-refractivity contribution in [1.82, 2.24) is 20.2 Å². The van der Waals surface area contributed by atoms with E-state index >= 15 is 0 Å². The monoisotopic (exact) mass is 404 g/mol. The van der Waals surface area contributed by atoms with Gasteiger partial charge in [-0.3, -0.25) is 4.79 Å². The van der Waals surface area contributed by atoms with E-state index in [4.69, 9.17) is 4.74 Å². The first-order valence-electron chi connectivity index (χ1n) is 10.8. The highest BCUT2D eigenvalue weighted by Crippen LogP contribution is 2.35. The van der Waals surface area contributed by atoms with Crippen LogP contribution in [0.3, 0.4) is 0 Å². The highest BCUT2D eigenvalue weighted by atomic mass is 16.5. The van der Waals surface area contributed by atoms with Crippen LogP contribution in [0.1, 0.15) is 48.1 Å². The maximum absolute atomic E-state index is 11.4. The Morgan fingerprint density at radius 2 is 2.17 bits per heavy atom. The molecule has 0 spiro atoms. The molecule has 4 heterocycles. The molecule has 2 aliphatic rings. The highest BCUT2D eigenvalue weighted by molar-refractivity contribution is 5.85. The van der Waals surface area contributed by atoms with Gasteiger partial charge in [0.25, 0.3) is 0 Å². The van der Waals surface area contributed by atoms with Crippen LogP contribution < -0.4 is 5.32 Å². The summed E-state index contributed by atoms with van der Waals surface area (Å²) in [6.45, 7) is 8.09. The molecule has 2 N–H and O–H groups in total. The number of benzene rings is 1. The molecule has 2 aliphatic heterocycles. The molecule has 6 heteroatoms. The van der Waals surface area contributed by atoms with Crippen molar-refractivity contribution in [3.05, 3.63) is 52.8 Å². The lowest BCUT2D eigenvalue weighted by atomic mass is 9.87. The zero-order valence-electron chi connectivity index (χ0n) is 17.6. The lowest BCUT2D eigenvalue weighted by Crippen LogP contribution is -2.37. The van der Waals surface area contributed by atoms with Crippen LogP contribution in [0.15, 0.2) is 30.6 Å². The second-order valence-corrected chi connectivity index (χ2v) is 8.63.